The van der Waals surface area contributed by atoms with Crippen molar-refractivity contribution in [3.63, 3.8) is 0 Å². The maximum Gasteiger partial charge on any atom is 0.0346 e. The van der Waals surface area contributed by atoms with Crippen LogP contribution in [0.15, 0.2) is 36.7 Å². The molecule has 1 aromatic carbocycles. The molecule has 0 amide bonds. The second-order valence-corrected chi connectivity index (χ2v) is 6.44. The van der Waals surface area contributed by atoms with Crippen LogP contribution in [-0.4, -0.2) is 35.1 Å². The van der Waals surface area contributed by atoms with Crippen LogP contribution >= 0.6 is 0 Å². The Hall–Kier alpha value is -1.45. The molecule has 0 bridgehead atoms. The van der Waals surface area contributed by atoms with Gasteiger partial charge in [0.2, 0.25) is 0 Å². The van der Waals surface area contributed by atoms with Crippen molar-refractivity contribution in [1.29, 1.82) is 0 Å². The molecule has 2 fully saturated rings. The Bertz CT molecular complexity index is 607. The Balaban J connectivity index is 1.37. The van der Waals surface area contributed by atoms with Crippen LogP contribution in [-0.2, 0) is 6.54 Å². The summed E-state index contributed by atoms with van der Waals surface area (Å²) in [7, 11) is 0. The summed E-state index contributed by atoms with van der Waals surface area (Å²) in [6.07, 6.45) is 9.39. The predicted molar refractivity (Wildman–Crippen MR) is 86.2 cm³/mol. The smallest absolute Gasteiger partial charge is 0.0346 e. The molecule has 0 atom stereocenters. The number of rotatable bonds is 4. The summed E-state index contributed by atoms with van der Waals surface area (Å²) in [6.45, 7) is 3.48. The zero-order valence-electron chi connectivity index (χ0n) is 12.5. The summed E-state index contributed by atoms with van der Waals surface area (Å²) in [4.78, 5) is 7.05. The Morgan fingerprint density at radius 2 is 1.86 bits per heavy atom. The van der Waals surface area contributed by atoms with Gasteiger partial charge in [-0.25, -0.2) is 0 Å². The molecule has 1 saturated heterocycles. The highest BCUT2D eigenvalue weighted by Crippen LogP contribution is 2.29. The van der Waals surface area contributed by atoms with Crippen LogP contribution in [0.4, 0.5) is 0 Å². The lowest BCUT2D eigenvalue weighted by Crippen LogP contribution is -2.43. The molecule has 0 spiro atoms. The Morgan fingerprint density at radius 1 is 1.05 bits per heavy atom. The largest absolute Gasteiger partial charge is 0.310 e. The lowest BCUT2D eigenvalue weighted by molar-refractivity contribution is 0.189. The number of hydrogen-bond donors (Lipinski definition) is 1. The van der Waals surface area contributed by atoms with Gasteiger partial charge >= 0.3 is 0 Å². The summed E-state index contributed by atoms with van der Waals surface area (Å²) in [5, 5.41) is 6.31. The van der Waals surface area contributed by atoms with Crippen LogP contribution in [0.1, 0.15) is 31.2 Å². The molecule has 3 nitrogen and oxygen atoms in total. The van der Waals surface area contributed by atoms with Gasteiger partial charge in [-0.1, -0.05) is 24.3 Å². The summed E-state index contributed by atoms with van der Waals surface area (Å²) >= 11 is 0. The molecule has 2 heterocycles. The number of hydrogen-bond acceptors (Lipinski definition) is 3. The SMILES string of the molecule is c1ccc2c(CNC3CCN(C4CC4)CC3)cncc2c1. The zero-order chi connectivity index (χ0) is 14.1. The van der Waals surface area contributed by atoms with Crippen LogP contribution in [0.5, 0.6) is 0 Å². The minimum Gasteiger partial charge on any atom is -0.310 e. The molecule has 1 aromatic heterocycles. The molecule has 1 saturated carbocycles. The van der Waals surface area contributed by atoms with Crippen LogP contribution in [0.25, 0.3) is 10.8 Å². The number of piperidine rings is 1. The molecule has 0 unspecified atom stereocenters. The quantitative estimate of drug-likeness (QED) is 0.934. The van der Waals surface area contributed by atoms with Gasteiger partial charge < -0.3 is 10.2 Å². The molecule has 4 rings (SSSR count). The molecular weight excluding hydrogens is 258 g/mol. The molecule has 2 aliphatic rings. The molecule has 110 valence electrons. The Kier molecular flexibility index (Phi) is 3.62. The topological polar surface area (TPSA) is 28.2 Å². The normalized spacial score (nSPS) is 21.0. The fraction of sp³-hybridized carbons (Fsp3) is 0.500. The van der Waals surface area contributed by atoms with E-state index in [4.69, 9.17) is 0 Å². The van der Waals surface area contributed by atoms with Crippen molar-refractivity contribution in [1.82, 2.24) is 15.2 Å². The van der Waals surface area contributed by atoms with E-state index in [1.807, 2.05) is 12.4 Å². The fourth-order valence-electron chi connectivity index (χ4n) is 3.48. The number of nitrogens with one attached hydrogen (secondary N) is 1. The number of aromatic nitrogens is 1. The van der Waals surface area contributed by atoms with E-state index in [0.29, 0.717) is 6.04 Å². The van der Waals surface area contributed by atoms with Crippen molar-refractivity contribution in [2.24, 2.45) is 0 Å². The summed E-state index contributed by atoms with van der Waals surface area (Å²) in [6, 6.07) is 10.1. The molecule has 1 aliphatic heterocycles. The maximum absolute atomic E-state index is 4.37. The van der Waals surface area contributed by atoms with Gasteiger partial charge in [0.25, 0.3) is 0 Å². The number of likely N-dealkylation sites (tertiary alicyclic amines) is 1. The van der Waals surface area contributed by atoms with E-state index in [2.05, 4.69) is 39.5 Å². The van der Waals surface area contributed by atoms with Crippen LogP contribution < -0.4 is 5.32 Å². The molecule has 2 aromatic rings. The minimum atomic E-state index is 0.666. The average molecular weight is 281 g/mol. The highest BCUT2D eigenvalue weighted by Gasteiger charge is 2.31. The summed E-state index contributed by atoms with van der Waals surface area (Å²) < 4.78 is 0. The summed E-state index contributed by atoms with van der Waals surface area (Å²) in [5.74, 6) is 0. The van der Waals surface area contributed by atoms with Crippen LogP contribution in [0.2, 0.25) is 0 Å². The van der Waals surface area contributed by atoms with Gasteiger partial charge in [0.1, 0.15) is 0 Å². The van der Waals surface area contributed by atoms with Crippen molar-refractivity contribution in [2.75, 3.05) is 13.1 Å². The van der Waals surface area contributed by atoms with E-state index in [1.54, 1.807) is 0 Å². The summed E-state index contributed by atoms with van der Waals surface area (Å²) in [5.41, 5.74) is 1.32. The van der Waals surface area contributed by atoms with Gasteiger partial charge in [-0.15, -0.1) is 0 Å². The number of benzene rings is 1. The highest BCUT2D eigenvalue weighted by atomic mass is 15.2. The average Bonchev–Trinajstić information content (AvgIpc) is 3.38. The minimum absolute atomic E-state index is 0.666. The van der Waals surface area contributed by atoms with Gasteiger partial charge in [0, 0.05) is 36.4 Å². The monoisotopic (exact) mass is 281 g/mol. The van der Waals surface area contributed by atoms with E-state index in [1.165, 1.54) is 55.1 Å². The van der Waals surface area contributed by atoms with Crippen molar-refractivity contribution in [3.8, 4) is 0 Å². The Morgan fingerprint density at radius 3 is 2.67 bits per heavy atom. The van der Waals surface area contributed by atoms with E-state index in [0.717, 1.165) is 12.6 Å². The van der Waals surface area contributed by atoms with Gasteiger partial charge in [-0.2, -0.15) is 0 Å². The van der Waals surface area contributed by atoms with Crippen LogP contribution in [0, 0.1) is 0 Å². The number of pyridine rings is 1. The highest BCUT2D eigenvalue weighted by molar-refractivity contribution is 5.84. The lowest BCUT2D eigenvalue weighted by Gasteiger charge is -2.32. The van der Waals surface area contributed by atoms with Crippen molar-refractivity contribution in [2.45, 2.75) is 44.3 Å². The molecule has 3 heteroatoms. The predicted octanol–water partition coefficient (Wildman–Crippen LogP) is 2.95. The number of nitrogens with zero attached hydrogens (tertiary/aromatic N) is 2. The second-order valence-electron chi connectivity index (χ2n) is 6.44. The third kappa shape index (κ3) is 2.94. The maximum atomic E-state index is 4.37. The van der Waals surface area contributed by atoms with E-state index >= 15 is 0 Å². The molecule has 21 heavy (non-hydrogen) atoms. The fourth-order valence-corrected chi connectivity index (χ4v) is 3.48. The standard InChI is InChI=1S/C18H23N3/c1-2-4-18-14(3-1)11-19-12-15(18)13-20-16-7-9-21(10-8-16)17-5-6-17/h1-4,11-12,16-17,20H,5-10,13H2. The van der Waals surface area contributed by atoms with Crippen molar-refractivity contribution >= 4 is 10.8 Å². The third-order valence-corrected chi connectivity index (χ3v) is 4.92. The first-order chi connectivity index (χ1) is 10.4. The van der Waals surface area contributed by atoms with Gasteiger partial charge in [0.15, 0.2) is 0 Å². The van der Waals surface area contributed by atoms with Crippen molar-refractivity contribution < 1.29 is 0 Å². The van der Waals surface area contributed by atoms with Crippen molar-refractivity contribution in [3.05, 3.63) is 42.2 Å². The molecule has 1 aliphatic carbocycles. The molecule has 1 N–H and O–H groups in total. The van der Waals surface area contributed by atoms with Gasteiger partial charge in [-0.3, -0.25) is 4.98 Å². The van der Waals surface area contributed by atoms with E-state index in [9.17, 15) is 0 Å². The number of fused-ring (bicyclic) bond motifs is 1. The Labute approximate surface area is 126 Å². The lowest BCUT2D eigenvalue weighted by atomic mass is 10.0. The third-order valence-electron chi connectivity index (χ3n) is 4.92. The first-order valence-corrected chi connectivity index (χ1v) is 8.19. The first kappa shape index (κ1) is 13.2. The molecule has 0 radical (unpaired) electrons. The first-order valence-electron chi connectivity index (χ1n) is 8.19. The van der Waals surface area contributed by atoms with Gasteiger partial charge in [0.05, 0.1) is 0 Å². The zero-order valence-corrected chi connectivity index (χ0v) is 12.5. The van der Waals surface area contributed by atoms with Gasteiger partial charge in [-0.05, 0) is 49.7 Å². The second kappa shape index (κ2) is 5.74. The van der Waals surface area contributed by atoms with E-state index < -0.39 is 0 Å². The van der Waals surface area contributed by atoms with Crippen LogP contribution in [0.3, 0.4) is 0 Å². The molecular formula is C18H23N3. The van der Waals surface area contributed by atoms with E-state index in [-0.39, 0.29) is 0 Å².